The average molecular weight is 425 g/mol. The van der Waals surface area contributed by atoms with Crippen LogP contribution >= 0.6 is 24.2 Å². The van der Waals surface area contributed by atoms with Crippen molar-refractivity contribution in [3.63, 3.8) is 0 Å². The number of carbonyl (C=O) groups is 1. The van der Waals surface area contributed by atoms with Crippen molar-refractivity contribution in [1.29, 1.82) is 0 Å². The number of carbonyl (C=O) groups excluding carboxylic acids is 1. The molecule has 28 heavy (non-hydrogen) atoms. The third-order valence-electron chi connectivity index (χ3n) is 4.42. The highest BCUT2D eigenvalue weighted by Gasteiger charge is 2.20. The molecule has 1 aliphatic rings. The lowest BCUT2D eigenvalue weighted by Crippen LogP contribution is -2.34. The Hall–Kier alpha value is -2.09. The van der Waals surface area contributed by atoms with Gasteiger partial charge in [-0.1, -0.05) is 6.07 Å². The normalized spacial score (nSPS) is 15.5. The third-order valence-corrected chi connectivity index (χ3v) is 5.59. The van der Waals surface area contributed by atoms with Crippen molar-refractivity contribution in [3.05, 3.63) is 47.5 Å². The molecule has 3 N–H and O–H groups in total. The van der Waals surface area contributed by atoms with Gasteiger partial charge in [-0.15, -0.1) is 12.4 Å². The molecule has 8 heteroatoms. The Balaban J connectivity index is 0.00000280. The average Bonchev–Trinajstić information content (AvgIpc) is 3.20. The summed E-state index contributed by atoms with van der Waals surface area (Å²) in [7, 11) is 3.15. The first kappa shape index (κ1) is 22.2. The van der Waals surface area contributed by atoms with Gasteiger partial charge >= 0.3 is 0 Å². The molecule has 3 rings (SSSR count). The van der Waals surface area contributed by atoms with Crippen LogP contribution in [-0.2, 0) is 6.54 Å². The summed E-state index contributed by atoms with van der Waals surface area (Å²) >= 11 is 1.85. The zero-order chi connectivity index (χ0) is 19.2. The lowest BCUT2D eigenvalue weighted by atomic mass is 10.1. The zero-order valence-electron chi connectivity index (χ0n) is 15.9. The quantitative estimate of drug-likeness (QED) is 0.706. The van der Waals surface area contributed by atoms with Crippen LogP contribution in [0.15, 0.2) is 36.4 Å². The Morgan fingerprint density at radius 1 is 1.14 bits per heavy atom. The van der Waals surface area contributed by atoms with E-state index in [-0.39, 0.29) is 30.9 Å². The molecule has 6 nitrogen and oxygen atoms in total. The molecular formula is C20H25ClN2O4S. The summed E-state index contributed by atoms with van der Waals surface area (Å²) in [6, 6.07) is 10.8. The molecule has 0 aliphatic carbocycles. The predicted molar refractivity (Wildman–Crippen MR) is 114 cm³/mol. The van der Waals surface area contributed by atoms with Gasteiger partial charge in [0.2, 0.25) is 0 Å². The van der Waals surface area contributed by atoms with Crippen molar-refractivity contribution in [1.82, 2.24) is 5.32 Å². The summed E-state index contributed by atoms with van der Waals surface area (Å²) in [5, 5.41) is 3.07. The Morgan fingerprint density at radius 2 is 1.89 bits per heavy atom. The van der Waals surface area contributed by atoms with Crippen LogP contribution in [-0.4, -0.2) is 37.7 Å². The van der Waals surface area contributed by atoms with Crippen LogP contribution in [0.1, 0.15) is 22.3 Å². The Kier molecular flexibility index (Phi) is 8.29. The first-order valence-electron chi connectivity index (χ1n) is 8.76. The Labute approximate surface area is 175 Å². The number of hydrogen-bond acceptors (Lipinski definition) is 6. The number of benzene rings is 2. The highest BCUT2D eigenvalue weighted by molar-refractivity contribution is 7.99. The van der Waals surface area contributed by atoms with Crippen LogP contribution in [0.4, 0.5) is 0 Å². The van der Waals surface area contributed by atoms with E-state index in [9.17, 15) is 4.79 Å². The molecule has 1 atom stereocenters. The molecule has 1 unspecified atom stereocenters. The van der Waals surface area contributed by atoms with Crippen molar-refractivity contribution in [3.8, 4) is 23.0 Å². The predicted octanol–water partition coefficient (Wildman–Crippen LogP) is 3.61. The number of rotatable bonds is 7. The molecule has 0 spiro atoms. The van der Waals surface area contributed by atoms with E-state index in [0.29, 0.717) is 28.6 Å². The van der Waals surface area contributed by atoms with Crippen LogP contribution in [0.2, 0.25) is 0 Å². The smallest absolute Gasteiger partial charge is 0.251 e. The summed E-state index contributed by atoms with van der Waals surface area (Å²) in [5.74, 6) is 4.14. The molecule has 0 aromatic heterocycles. The fraction of sp³-hybridized carbons (Fsp3) is 0.350. The van der Waals surface area contributed by atoms with Gasteiger partial charge in [0.25, 0.3) is 5.91 Å². The summed E-state index contributed by atoms with van der Waals surface area (Å²) in [5.41, 5.74) is 7.14. The maximum absolute atomic E-state index is 12.6. The maximum Gasteiger partial charge on any atom is 0.251 e. The van der Waals surface area contributed by atoms with Crippen molar-refractivity contribution in [2.75, 3.05) is 25.7 Å². The van der Waals surface area contributed by atoms with E-state index in [2.05, 4.69) is 5.32 Å². The van der Waals surface area contributed by atoms with Crippen molar-refractivity contribution in [2.45, 2.75) is 19.0 Å². The van der Waals surface area contributed by atoms with E-state index in [4.69, 9.17) is 19.9 Å². The van der Waals surface area contributed by atoms with Crippen molar-refractivity contribution >= 4 is 30.1 Å². The molecular weight excluding hydrogens is 400 g/mol. The molecule has 0 radical (unpaired) electrons. The van der Waals surface area contributed by atoms with E-state index in [1.807, 2.05) is 30.0 Å². The lowest BCUT2D eigenvalue weighted by molar-refractivity contribution is 0.0941. The minimum Gasteiger partial charge on any atom is -0.496 e. The van der Waals surface area contributed by atoms with Crippen LogP contribution in [0.3, 0.4) is 0 Å². The van der Waals surface area contributed by atoms with Crippen LogP contribution in [0.25, 0.3) is 0 Å². The number of thioether (sulfide) groups is 1. The van der Waals surface area contributed by atoms with Crippen molar-refractivity contribution < 1.29 is 19.0 Å². The van der Waals surface area contributed by atoms with E-state index in [1.54, 1.807) is 32.4 Å². The fourth-order valence-electron chi connectivity index (χ4n) is 2.97. The lowest BCUT2D eigenvalue weighted by Gasteiger charge is -2.16. The highest BCUT2D eigenvalue weighted by atomic mass is 35.5. The topological polar surface area (TPSA) is 82.8 Å². The van der Waals surface area contributed by atoms with Gasteiger partial charge in [-0.3, -0.25) is 4.79 Å². The van der Waals surface area contributed by atoms with Gasteiger partial charge in [-0.05, 0) is 42.5 Å². The second kappa shape index (κ2) is 10.5. The van der Waals surface area contributed by atoms with Gasteiger partial charge in [0.1, 0.15) is 11.5 Å². The van der Waals surface area contributed by atoms with E-state index < -0.39 is 0 Å². The second-order valence-corrected chi connectivity index (χ2v) is 7.29. The van der Waals surface area contributed by atoms with E-state index >= 15 is 0 Å². The molecule has 0 saturated carbocycles. The number of hydrogen-bond donors (Lipinski definition) is 2. The number of methoxy groups -OCH3 is 2. The summed E-state index contributed by atoms with van der Waals surface area (Å²) in [6.07, 6.45) is 1.000. The van der Waals surface area contributed by atoms with Gasteiger partial charge in [0.05, 0.1) is 19.8 Å². The van der Waals surface area contributed by atoms with Crippen LogP contribution < -0.4 is 25.3 Å². The summed E-state index contributed by atoms with van der Waals surface area (Å²) < 4.78 is 16.8. The SMILES string of the molecule is COc1ccc(C(=O)NC2CCSC2)cc1Oc1cccc(OC)c1CN.Cl. The number of nitrogens with two attached hydrogens (primary N) is 1. The number of ether oxygens (including phenoxy) is 3. The minimum atomic E-state index is -0.111. The van der Waals surface area contributed by atoms with Gasteiger partial charge in [-0.25, -0.2) is 0 Å². The largest absolute Gasteiger partial charge is 0.496 e. The maximum atomic E-state index is 12.6. The Morgan fingerprint density at radius 3 is 2.54 bits per heavy atom. The zero-order valence-corrected chi connectivity index (χ0v) is 17.5. The highest BCUT2D eigenvalue weighted by Crippen LogP contribution is 2.36. The second-order valence-electron chi connectivity index (χ2n) is 6.14. The molecule has 1 aliphatic heterocycles. The molecule has 2 aromatic carbocycles. The molecule has 2 aromatic rings. The molecule has 1 amide bonds. The van der Waals surface area contributed by atoms with Crippen LogP contribution in [0, 0.1) is 0 Å². The molecule has 0 bridgehead atoms. The molecule has 1 saturated heterocycles. The first-order chi connectivity index (χ1) is 13.2. The monoisotopic (exact) mass is 424 g/mol. The van der Waals surface area contributed by atoms with Gasteiger partial charge in [-0.2, -0.15) is 11.8 Å². The van der Waals surface area contributed by atoms with E-state index in [0.717, 1.165) is 23.5 Å². The third kappa shape index (κ3) is 5.04. The Bertz CT molecular complexity index is 813. The van der Waals surface area contributed by atoms with Crippen LogP contribution in [0.5, 0.6) is 23.0 Å². The number of nitrogens with one attached hydrogen (secondary N) is 1. The molecule has 152 valence electrons. The van der Waals surface area contributed by atoms with E-state index in [1.165, 1.54) is 0 Å². The summed E-state index contributed by atoms with van der Waals surface area (Å²) in [4.78, 5) is 12.6. The van der Waals surface area contributed by atoms with Gasteiger partial charge in [0.15, 0.2) is 11.5 Å². The molecule has 1 heterocycles. The standard InChI is InChI=1S/C20H24N2O4S.ClH/c1-24-16-4-3-5-17(15(16)11-21)26-19-10-13(6-7-18(19)25-2)20(23)22-14-8-9-27-12-14;/h3-7,10,14H,8-9,11-12,21H2,1-2H3,(H,22,23);1H. The molecule has 1 fully saturated rings. The number of amides is 1. The van der Waals surface area contributed by atoms with Crippen molar-refractivity contribution in [2.24, 2.45) is 5.73 Å². The minimum absolute atomic E-state index is 0. The first-order valence-corrected chi connectivity index (χ1v) is 9.92. The van der Waals surface area contributed by atoms with Gasteiger partial charge < -0.3 is 25.3 Å². The van der Waals surface area contributed by atoms with Gasteiger partial charge in [0, 0.05) is 23.9 Å². The summed E-state index contributed by atoms with van der Waals surface area (Å²) in [6.45, 7) is 0.265. The fourth-order valence-corrected chi connectivity index (χ4v) is 4.12. The number of halogens is 1.